The molecule has 4 rings (SSSR count). The van der Waals surface area contributed by atoms with Crippen molar-refractivity contribution in [1.82, 2.24) is 9.47 Å². The zero-order chi connectivity index (χ0) is 13.9. The number of benzene rings is 1. The standard InChI is InChI=1S/C17H22N2O/c1-18(2)13-9-12-5-3-6-14-15(17(20)7-4-8-17)11-19(10-13)16(12)14/h3,5-6,11,13,20H,4,7-10H2,1-2H3. The van der Waals surface area contributed by atoms with Gasteiger partial charge in [0.2, 0.25) is 0 Å². The Bertz CT molecular complexity index is 667. The normalized spacial score (nSPS) is 24.1. The first-order valence-electron chi connectivity index (χ1n) is 7.58. The second-order valence-corrected chi connectivity index (χ2v) is 6.72. The number of likely N-dealkylation sites (N-methyl/N-ethyl adjacent to an activating group) is 1. The lowest BCUT2D eigenvalue weighted by Gasteiger charge is -2.36. The molecule has 1 N–H and O–H groups in total. The number of aliphatic hydroxyl groups is 1. The first-order valence-corrected chi connectivity index (χ1v) is 7.58. The minimum absolute atomic E-state index is 0.546. The van der Waals surface area contributed by atoms with Crippen LogP contribution in [0.1, 0.15) is 30.4 Å². The molecule has 1 aliphatic heterocycles. The van der Waals surface area contributed by atoms with Gasteiger partial charge in [-0.2, -0.15) is 0 Å². The maximum atomic E-state index is 10.8. The van der Waals surface area contributed by atoms with Gasteiger partial charge in [-0.1, -0.05) is 18.2 Å². The molecule has 1 aromatic heterocycles. The van der Waals surface area contributed by atoms with Crippen molar-refractivity contribution in [1.29, 1.82) is 0 Å². The summed E-state index contributed by atoms with van der Waals surface area (Å²) in [6, 6.07) is 7.11. The zero-order valence-electron chi connectivity index (χ0n) is 12.3. The molecule has 1 fully saturated rings. The van der Waals surface area contributed by atoms with Gasteiger partial charge in [-0.15, -0.1) is 0 Å². The second-order valence-electron chi connectivity index (χ2n) is 6.72. The molecule has 2 aromatic rings. The van der Waals surface area contributed by atoms with Crippen molar-refractivity contribution in [2.45, 2.75) is 43.9 Å². The van der Waals surface area contributed by atoms with Crippen LogP contribution in [0.2, 0.25) is 0 Å². The Labute approximate surface area is 119 Å². The third kappa shape index (κ3) is 1.60. The predicted molar refractivity (Wildman–Crippen MR) is 80.9 cm³/mol. The van der Waals surface area contributed by atoms with Crippen molar-refractivity contribution in [2.75, 3.05) is 14.1 Å². The molecule has 0 bridgehead atoms. The minimum atomic E-state index is -0.569. The number of aromatic nitrogens is 1. The minimum Gasteiger partial charge on any atom is -0.385 e. The average molecular weight is 270 g/mol. The lowest BCUT2D eigenvalue weighted by atomic mass is 9.75. The fourth-order valence-corrected chi connectivity index (χ4v) is 3.79. The highest BCUT2D eigenvalue weighted by molar-refractivity contribution is 5.88. The first kappa shape index (κ1) is 12.4. The van der Waals surface area contributed by atoms with E-state index in [9.17, 15) is 5.11 Å². The summed E-state index contributed by atoms with van der Waals surface area (Å²) in [6.45, 7) is 1.02. The largest absolute Gasteiger partial charge is 0.385 e. The highest BCUT2D eigenvalue weighted by atomic mass is 16.3. The topological polar surface area (TPSA) is 28.4 Å². The van der Waals surface area contributed by atoms with Crippen LogP contribution >= 0.6 is 0 Å². The predicted octanol–water partition coefficient (Wildman–Crippen LogP) is 2.50. The summed E-state index contributed by atoms with van der Waals surface area (Å²) >= 11 is 0. The number of hydrogen-bond donors (Lipinski definition) is 1. The quantitative estimate of drug-likeness (QED) is 0.908. The molecule has 1 saturated carbocycles. The fourth-order valence-electron chi connectivity index (χ4n) is 3.79. The maximum absolute atomic E-state index is 10.8. The Morgan fingerprint density at radius 2 is 2.10 bits per heavy atom. The van der Waals surface area contributed by atoms with Crippen molar-refractivity contribution < 1.29 is 5.11 Å². The van der Waals surface area contributed by atoms with E-state index in [4.69, 9.17) is 0 Å². The smallest absolute Gasteiger partial charge is 0.0917 e. The van der Waals surface area contributed by atoms with Gasteiger partial charge in [-0.05, 0) is 45.3 Å². The summed E-state index contributed by atoms with van der Waals surface area (Å²) in [7, 11) is 4.30. The van der Waals surface area contributed by atoms with Crippen LogP contribution in [0.25, 0.3) is 10.9 Å². The molecule has 0 amide bonds. The molecule has 3 nitrogen and oxygen atoms in total. The Balaban J connectivity index is 1.89. The SMILES string of the molecule is CN(C)C1Cc2cccc3c(C4(O)CCC4)cn(c23)C1. The van der Waals surface area contributed by atoms with E-state index in [0.717, 1.165) is 37.8 Å². The molecule has 2 heterocycles. The van der Waals surface area contributed by atoms with Gasteiger partial charge in [0.1, 0.15) is 0 Å². The van der Waals surface area contributed by atoms with Crippen molar-refractivity contribution >= 4 is 10.9 Å². The fraction of sp³-hybridized carbons (Fsp3) is 0.529. The third-order valence-electron chi connectivity index (χ3n) is 5.26. The Morgan fingerprint density at radius 1 is 1.30 bits per heavy atom. The van der Waals surface area contributed by atoms with E-state index in [0.29, 0.717) is 6.04 Å². The molecular weight excluding hydrogens is 248 g/mol. The van der Waals surface area contributed by atoms with E-state index in [1.807, 2.05) is 0 Å². The van der Waals surface area contributed by atoms with Gasteiger partial charge in [0.25, 0.3) is 0 Å². The van der Waals surface area contributed by atoms with Crippen LogP contribution in [0.4, 0.5) is 0 Å². The van der Waals surface area contributed by atoms with E-state index in [2.05, 4.69) is 48.0 Å². The van der Waals surface area contributed by atoms with Crippen LogP contribution in [0.5, 0.6) is 0 Å². The van der Waals surface area contributed by atoms with Crippen LogP contribution in [0.15, 0.2) is 24.4 Å². The average Bonchev–Trinajstić information content (AvgIpc) is 2.77. The van der Waals surface area contributed by atoms with Crippen LogP contribution in [0.3, 0.4) is 0 Å². The molecule has 0 spiro atoms. The molecule has 1 aromatic carbocycles. The van der Waals surface area contributed by atoms with Crippen LogP contribution in [-0.2, 0) is 18.6 Å². The number of para-hydroxylation sites is 1. The number of nitrogens with zero attached hydrogens (tertiary/aromatic N) is 2. The third-order valence-corrected chi connectivity index (χ3v) is 5.26. The summed E-state index contributed by atoms with van der Waals surface area (Å²) in [5.41, 5.74) is 3.35. The van der Waals surface area contributed by atoms with Crippen LogP contribution < -0.4 is 0 Å². The molecular formula is C17H22N2O. The summed E-state index contributed by atoms with van der Waals surface area (Å²) in [6.07, 6.45) is 6.28. The number of rotatable bonds is 2. The zero-order valence-corrected chi connectivity index (χ0v) is 12.3. The molecule has 0 radical (unpaired) electrons. The Hall–Kier alpha value is -1.32. The summed E-state index contributed by atoms with van der Waals surface area (Å²) in [4.78, 5) is 2.31. The first-order chi connectivity index (χ1) is 9.58. The monoisotopic (exact) mass is 270 g/mol. The lowest BCUT2D eigenvalue weighted by molar-refractivity contribution is -0.0376. The number of hydrogen-bond acceptors (Lipinski definition) is 2. The van der Waals surface area contributed by atoms with Gasteiger partial charge in [0.05, 0.1) is 11.1 Å². The van der Waals surface area contributed by atoms with Crippen molar-refractivity contribution in [3.63, 3.8) is 0 Å². The van der Waals surface area contributed by atoms with Crippen molar-refractivity contribution in [3.05, 3.63) is 35.5 Å². The highest BCUT2D eigenvalue weighted by Crippen LogP contribution is 2.45. The molecule has 20 heavy (non-hydrogen) atoms. The van der Waals surface area contributed by atoms with E-state index in [-0.39, 0.29) is 0 Å². The van der Waals surface area contributed by atoms with Gasteiger partial charge in [0, 0.05) is 29.7 Å². The summed E-state index contributed by atoms with van der Waals surface area (Å²) < 4.78 is 2.37. The highest BCUT2D eigenvalue weighted by Gasteiger charge is 2.39. The second kappa shape index (κ2) is 4.09. The lowest BCUT2D eigenvalue weighted by Crippen LogP contribution is -2.36. The molecule has 106 valence electrons. The van der Waals surface area contributed by atoms with Crippen LogP contribution in [0, 0.1) is 0 Å². The van der Waals surface area contributed by atoms with Crippen molar-refractivity contribution in [2.24, 2.45) is 0 Å². The van der Waals surface area contributed by atoms with Gasteiger partial charge < -0.3 is 14.6 Å². The maximum Gasteiger partial charge on any atom is 0.0917 e. The van der Waals surface area contributed by atoms with E-state index in [1.54, 1.807) is 0 Å². The van der Waals surface area contributed by atoms with Gasteiger partial charge >= 0.3 is 0 Å². The molecule has 3 heteroatoms. The van der Waals surface area contributed by atoms with Gasteiger partial charge in [-0.25, -0.2) is 0 Å². The Morgan fingerprint density at radius 3 is 2.75 bits per heavy atom. The van der Waals surface area contributed by atoms with Crippen LogP contribution in [-0.4, -0.2) is 34.7 Å². The molecule has 1 aliphatic carbocycles. The molecule has 0 saturated heterocycles. The van der Waals surface area contributed by atoms with E-state index >= 15 is 0 Å². The van der Waals surface area contributed by atoms with Gasteiger partial charge in [-0.3, -0.25) is 0 Å². The Kier molecular flexibility index (Phi) is 2.54. The van der Waals surface area contributed by atoms with E-state index in [1.165, 1.54) is 16.5 Å². The van der Waals surface area contributed by atoms with Gasteiger partial charge in [0.15, 0.2) is 0 Å². The van der Waals surface area contributed by atoms with E-state index < -0.39 is 5.60 Å². The summed E-state index contributed by atoms with van der Waals surface area (Å²) in [5, 5.41) is 12.0. The summed E-state index contributed by atoms with van der Waals surface area (Å²) in [5.74, 6) is 0. The van der Waals surface area contributed by atoms with Crippen molar-refractivity contribution in [3.8, 4) is 0 Å². The molecule has 1 atom stereocenters. The molecule has 2 aliphatic rings. The molecule has 1 unspecified atom stereocenters.